The summed E-state index contributed by atoms with van der Waals surface area (Å²) < 4.78 is 20.1. The Hall–Kier alpha value is -3.44. The van der Waals surface area contributed by atoms with Crippen LogP contribution in [0, 0.1) is 12.7 Å². The number of halogens is 1. The summed E-state index contributed by atoms with van der Waals surface area (Å²) in [5.41, 5.74) is 1.33. The fourth-order valence-electron chi connectivity index (χ4n) is 3.48. The summed E-state index contributed by atoms with van der Waals surface area (Å²) in [6.45, 7) is 1.80. The van der Waals surface area contributed by atoms with Gasteiger partial charge in [-0.15, -0.1) is 10.5 Å². The largest absolute Gasteiger partial charge is 0.481 e. The highest BCUT2D eigenvalue weighted by molar-refractivity contribution is 8.14. The molecule has 0 heterocycles. The molecule has 0 aliphatic heterocycles. The molecule has 0 saturated heterocycles. The first-order valence-corrected chi connectivity index (χ1v) is 11.1. The van der Waals surface area contributed by atoms with Crippen LogP contribution in [0.1, 0.15) is 11.1 Å². The summed E-state index contributed by atoms with van der Waals surface area (Å²) in [7, 11) is -0.312. The van der Waals surface area contributed by atoms with E-state index in [0.717, 1.165) is 15.2 Å². The molecule has 1 atom stereocenters. The lowest BCUT2D eigenvalue weighted by Gasteiger charge is -2.16. The van der Waals surface area contributed by atoms with Crippen LogP contribution in [0.2, 0.25) is 0 Å². The summed E-state index contributed by atoms with van der Waals surface area (Å²) in [5, 5.41) is 10.6. The van der Waals surface area contributed by atoms with E-state index in [1.54, 1.807) is 19.1 Å². The Bertz CT molecular complexity index is 1280. The predicted octanol–water partition coefficient (Wildman–Crippen LogP) is 6.83. The van der Waals surface area contributed by atoms with E-state index in [-0.39, 0.29) is 22.7 Å². The zero-order valence-electron chi connectivity index (χ0n) is 17.0. The smallest absolute Gasteiger partial charge is 0.307 e. The second-order valence-corrected chi connectivity index (χ2v) is 8.93. The third-order valence-electron chi connectivity index (χ3n) is 5.11. The van der Waals surface area contributed by atoms with E-state index in [0.29, 0.717) is 28.0 Å². The molecule has 156 valence electrons. The fourth-order valence-corrected chi connectivity index (χ4v) is 4.71. The minimum absolute atomic E-state index is 0.129. The van der Waals surface area contributed by atoms with Gasteiger partial charge in [-0.1, -0.05) is 36.2 Å². The lowest BCUT2D eigenvalue weighted by atomic mass is 9.98. The molecule has 3 nitrogen and oxygen atoms in total. The molecule has 0 radical (unpaired) electrons. The molecule has 0 bridgehead atoms. The van der Waals surface area contributed by atoms with Crippen LogP contribution in [0.25, 0.3) is 10.8 Å². The van der Waals surface area contributed by atoms with E-state index in [2.05, 4.69) is 18.0 Å². The van der Waals surface area contributed by atoms with Crippen LogP contribution in [0.4, 0.5) is 4.39 Å². The number of hydrogen-bond donors (Lipinski definition) is 1. The number of carbonyl (C=O) groups is 1. The standard InChI is InChI=1S/C26H21FO3S/c1-17-19(15-25(28)29)14-18-8-9-20(27)16-24(18)26(17)30-21-10-12-23(13-11-21)31(2)22-6-4-3-5-7-22/h3-14,16H,2,15H2,1H3,(H,28,29). The summed E-state index contributed by atoms with van der Waals surface area (Å²) >= 11 is 0. The van der Waals surface area contributed by atoms with Crippen LogP contribution in [0.3, 0.4) is 0 Å². The molecule has 4 aromatic rings. The van der Waals surface area contributed by atoms with Gasteiger partial charge in [0.1, 0.15) is 17.3 Å². The van der Waals surface area contributed by atoms with Gasteiger partial charge < -0.3 is 9.84 Å². The molecule has 0 spiro atoms. The topological polar surface area (TPSA) is 46.5 Å². The summed E-state index contributed by atoms with van der Waals surface area (Å²) in [4.78, 5) is 13.5. The van der Waals surface area contributed by atoms with Gasteiger partial charge in [0.25, 0.3) is 0 Å². The lowest BCUT2D eigenvalue weighted by molar-refractivity contribution is -0.136. The van der Waals surface area contributed by atoms with Crippen LogP contribution in [0.15, 0.2) is 88.7 Å². The number of ether oxygens (including phenoxy) is 1. The van der Waals surface area contributed by atoms with Gasteiger partial charge in [-0.3, -0.25) is 4.79 Å². The van der Waals surface area contributed by atoms with E-state index >= 15 is 0 Å². The first kappa shape index (κ1) is 20.8. The zero-order chi connectivity index (χ0) is 22.0. The van der Waals surface area contributed by atoms with Crippen molar-refractivity contribution in [2.45, 2.75) is 23.1 Å². The van der Waals surface area contributed by atoms with Gasteiger partial charge in [0, 0.05) is 15.2 Å². The number of rotatable bonds is 6. The first-order chi connectivity index (χ1) is 14.9. The van der Waals surface area contributed by atoms with Gasteiger partial charge in [0.2, 0.25) is 0 Å². The highest BCUT2D eigenvalue weighted by atomic mass is 32.2. The quantitative estimate of drug-likeness (QED) is 0.340. The van der Waals surface area contributed by atoms with Crippen LogP contribution in [-0.2, 0) is 11.2 Å². The maximum absolute atomic E-state index is 13.9. The van der Waals surface area contributed by atoms with E-state index in [1.807, 2.05) is 42.5 Å². The first-order valence-electron chi connectivity index (χ1n) is 9.73. The fraction of sp³-hybridized carbons (Fsp3) is 0.0769. The molecule has 4 rings (SSSR count). The van der Waals surface area contributed by atoms with Crippen molar-refractivity contribution in [2.75, 3.05) is 0 Å². The molecular formula is C26H21FO3S. The monoisotopic (exact) mass is 432 g/mol. The Morgan fingerprint density at radius 1 is 1.00 bits per heavy atom. The third-order valence-corrected chi connectivity index (χ3v) is 6.79. The minimum atomic E-state index is -0.928. The highest BCUT2D eigenvalue weighted by Crippen LogP contribution is 2.38. The van der Waals surface area contributed by atoms with Gasteiger partial charge in [-0.25, -0.2) is 4.39 Å². The molecule has 1 N–H and O–H groups in total. The molecule has 0 saturated carbocycles. The van der Waals surface area contributed by atoms with Gasteiger partial charge in [0.15, 0.2) is 0 Å². The SMILES string of the molecule is C=S(c1ccccc1)c1ccc(Oc2c(C)c(CC(=O)O)cc3ccc(F)cc23)cc1. The minimum Gasteiger partial charge on any atom is -0.481 e. The maximum atomic E-state index is 13.9. The van der Waals surface area contributed by atoms with Crippen molar-refractivity contribution in [3.05, 3.63) is 95.8 Å². The number of carboxylic acid groups (broad SMARTS) is 1. The second-order valence-electron chi connectivity index (χ2n) is 7.20. The number of aliphatic carboxylic acids is 1. The molecule has 31 heavy (non-hydrogen) atoms. The molecule has 0 aliphatic carbocycles. The van der Waals surface area contributed by atoms with Crippen molar-refractivity contribution in [1.82, 2.24) is 0 Å². The summed E-state index contributed by atoms with van der Waals surface area (Å²) in [5.74, 6) is 4.05. The maximum Gasteiger partial charge on any atom is 0.307 e. The van der Waals surface area contributed by atoms with Crippen molar-refractivity contribution >= 4 is 33.1 Å². The van der Waals surface area contributed by atoms with Crippen molar-refractivity contribution in [3.63, 3.8) is 0 Å². The molecule has 5 heteroatoms. The van der Waals surface area contributed by atoms with E-state index in [1.165, 1.54) is 12.1 Å². The Balaban J connectivity index is 1.70. The summed E-state index contributed by atoms with van der Waals surface area (Å²) in [6, 6.07) is 23.9. The summed E-state index contributed by atoms with van der Waals surface area (Å²) in [6.07, 6.45) is -0.129. The molecule has 0 amide bonds. The number of carboxylic acids is 1. The average Bonchev–Trinajstić information content (AvgIpc) is 2.77. The van der Waals surface area contributed by atoms with Crippen molar-refractivity contribution in [3.8, 4) is 11.5 Å². The van der Waals surface area contributed by atoms with Crippen molar-refractivity contribution in [2.24, 2.45) is 0 Å². The van der Waals surface area contributed by atoms with Crippen LogP contribution < -0.4 is 4.74 Å². The van der Waals surface area contributed by atoms with Gasteiger partial charge in [-0.05, 0) is 72.0 Å². The number of hydrogen-bond acceptors (Lipinski definition) is 2. The lowest BCUT2D eigenvalue weighted by Crippen LogP contribution is -2.03. The van der Waals surface area contributed by atoms with E-state index in [9.17, 15) is 14.3 Å². The molecular weight excluding hydrogens is 411 g/mol. The number of benzene rings is 4. The predicted molar refractivity (Wildman–Crippen MR) is 124 cm³/mol. The Morgan fingerprint density at radius 2 is 1.68 bits per heavy atom. The van der Waals surface area contributed by atoms with Crippen molar-refractivity contribution in [1.29, 1.82) is 0 Å². The average molecular weight is 433 g/mol. The highest BCUT2D eigenvalue weighted by Gasteiger charge is 2.15. The zero-order valence-corrected chi connectivity index (χ0v) is 17.8. The Labute approximate surface area is 182 Å². The Morgan fingerprint density at radius 3 is 2.35 bits per heavy atom. The third kappa shape index (κ3) is 4.52. The van der Waals surface area contributed by atoms with Crippen LogP contribution in [0.5, 0.6) is 11.5 Å². The Kier molecular flexibility index (Phi) is 5.87. The van der Waals surface area contributed by atoms with Gasteiger partial charge in [0.05, 0.1) is 6.42 Å². The van der Waals surface area contributed by atoms with Crippen LogP contribution >= 0.6 is 10.5 Å². The molecule has 0 fully saturated rings. The van der Waals surface area contributed by atoms with E-state index < -0.39 is 5.97 Å². The number of fused-ring (bicyclic) bond motifs is 1. The second kappa shape index (κ2) is 8.74. The normalized spacial score (nSPS) is 11.9. The van der Waals surface area contributed by atoms with Gasteiger partial charge >= 0.3 is 5.97 Å². The van der Waals surface area contributed by atoms with Crippen molar-refractivity contribution < 1.29 is 19.0 Å². The molecule has 1 unspecified atom stereocenters. The van der Waals surface area contributed by atoms with Gasteiger partial charge in [-0.2, -0.15) is 0 Å². The molecule has 0 aromatic heterocycles. The molecule has 4 aromatic carbocycles. The van der Waals surface area contributed by atoms with E-state index in [4.69, 9.17) is 4.74 Å². The van der Waals surface area contributed by atoms with Crippen LogP contribution in [-0.4, -0.2) is 16.9 Å². The molecule has 0 aliphatic rings.